The first kappa shape index (κ1) is 17.3. The largest absolute Gasteiger partial charge is 0.497 e. The van der Waals surface area contributed by atoms with Crippen LogP contribution in [0.1, 0.15) is 15.9 Å². The van der Waals surface area contributed by atoms with E-state index in [1.54, 1.807) is 12.1 Å². The van der Waals surface area contributed by atoms with Crippen molar-refractivity contribution in [1.29, 1.82) is 0 Å². The molecule has 7 heteroatoms. The lowest BCUT2D eigenvalue weighted by Crippen LogP contribution is -2.42. The number of methoxy groups -OCH3 is 2. The summed E-state index contributed by atoms with van der Waals surface area (Å²) in [5.41, 5.74) is 5.49. The molecule has 0 aromatic heterocycles. The summed E-state index contributed by atoms with van der Waals surface area (Å²) < 4.78 is 23.0. The predicted octanol–water partition coefficient (Wildman–Crippen LogP) is 1.85. The van der Waals surface area contributed by atoms with Crippen LogP contribution in [0.2, 0.25) is 0 Å². The molecule has 0 aliphatic rings. The van der Waals surface area contributed by atoms with Gasteiger partial charge in [-0.3, -0.25) is 20.4 Å². The molecule has 0 atom stereocenters. The molecule has 2 aromatic rings. The number of ether oxygens (including phenoxy) is 2. The van der Waals surface area contributed by atoms with E-state index in [1.165, 1.54) is 44.6 Å². The van der Waals surface area contributed by atoms with Crippen LogP contribution in [-0.4, -0.2) is 26.0 Å². The SMILES string of the molecule is COc1ccc(C(=O)NNC(=O)Cc2ccc(F)cc2)c(OC)c1. The van der Waals surface area contributed by atoms with Crippen LogP contribution in [0.4, 0.5) is 4.39 Å². The van der Waals surface area contributed by atoms with Crippen LogP contribution in [0.15, 0.2) is 42.5 Å². The van der Waals surface area contributed by atoms with Crippen LogP contribution < -0.4 is 20.3 Å². The Kier molecular flexibility index (Phi) is 5.73. The number of benzene rings is 2. The maximum atomic E-state index is 12.8. The van der Waals surface area contributed by atoms with Gasteiger partial charge >= 0.3 is 0 Å². The fourth-order valence-electron chi connectivity index (χ4n) is 2.01. The smallest absolute Gasteiger partial charge is 0.273 e. The number of nitrogens with one attached hydrogen (secondary N) is 2. The van der Waals surface area contributed by atoms with Gasteiger partial charge in [0.05, 0.1) is 26.2 Å². The lowest BCUT2D eigenvalue weighted by molar-refractivity contribution is -0.121. The second-order valence-corrected chi connectivity index (χ2v) is 4.87. The lowest BCUT2D eigenvalue weighted by atomic mass is 10.1. The Labute approximate surface area is 138 Å². The Hall–Kier alpha value is -3.09. The molecule has 0 radical (unpaired) electrons. The fourth-order valence-corrected chi connectivity index (χ4v) is 2.01. The second-order valence-electron chi connectivity index (χ2n) is 4.87. The molecule has 0 heterocycles. The number of hydrogen-bond donors (Lipinski definition) is 2. The van der Waals surface area contributed by atoms with E-state index in [-0.39, 0.29) is 17.8 Å². The molecule has 0 spiro atoms. The van der Waals surface area contributed by atoms with E-state index in [0.29, 0.717) is 17.1 Å². The minimum absolute atomic E-state index is 0.0142. The average molecular weight is 332 g/mol. The number of rotatable bonds is 5. The number of halogens is 1. The van der Waals surface area contributed by atoms with Gasteiger partial charge in [-0.25, -0.2) is 4.39 Å². The predicted molar refractivity (Wildman–Crippen MR) is 85.3 cm³/mol. The van der Waals surface area contributed by atoms with Gasteiger partial charge in [0.2, 0.25) is 5.91 Å². The highest BCUT2D eigenvalue weighted by Gasteiger charge is 2.14. The van der Waals surface area contributed by atoms with Gasteiger partial charge in [0, 0.05) is 6.07 Å². The van der Waals surface area contributed by atoms with E-state index >= 15 is 0 Å². The maximum absolute atomic E-state index is 12.8. The van der Waals surface area contributed by atoms with Gasteiger partial charge in [0.25, 0.3) is 5.91 Å². The molecule has 0 aliphatic carbocycles. The highest BCUT2D eigenvalue weighted by molar-refractivity contribution is 5.98. The van der Waals surface area contributed by atoms with E-state index < -0.39 is 11.8 Å². The van der Waals surface area contributed by atoms with Crippen LogP contribution in [0, 0.1) is 5.82 Å². The number of amides is 2. The standard InChI is InChI=1S/C17H17FN2O4/c1-23-13-7-8-14(15(10-13)24-2)17(22)20-19-16(21)9-11-3-5-12(18)6-4-11/h3-8,10H,9H2,1-2H3,(H,19,21)(H,20,22). The number of hydrazine groups is 1. The van der Waals surface area contributed by atoms with E-state index in [9.17, 15) is 14.0 Å². The Bertz CT molecular complexity index is 732. The number of carbonyl (C=O) groups is 2. The molecule has 2 N–H and O–H groups in total. The Balaban J connectivity index is 1.95. The molecule has 2 amide bonds. The molecular formula is C17H17FN2O4. The number of carbonyl (C=O) groups excluding carboxylic acids is 2. The Morgan fingerprint density at radius 3 is 2.33 bits per heavy atom. The molecule has 6 nitrogen and oxygen atoms in total. The van der Waals surface area contributed by atoms with Gasteiger partial charge in [-0.05, 0) is 29.8 Å². The summed E-state index contributed by atoms with van der Waals surface area (Å²) in [5.74, 6) is -0.466. The first-order valence-electron chi connectivity index (χ1n) is 7.09. The van der Waals surface area contributed by atoms with Gasteiger partial charge in [-0.15, -0.1) is 0 Å². The average Bonchev–Trinajstić information content (AvgIpc) is 2.61. The zero-order valence-corrected chi connectivity index (χ0v) is 13.3. The fraction of sp³-hybridized carbons (Fsp3) is 0.176. The molecular weight excluding hydrogens is 315 g/mol. The molecule has 0 bridgehead atoms. The summed E-state index contributed by atoms with van der Waals surface area (Å²) in [4.78, 5) is 23.9. The molecule has 0 fully saturated rings. The van der Waals surface area contributed by atoms with Crippen LogP contribution in [0.3, 0.4) is 0 Å². The molecule has 2 rings (SSSR count). The van der Waals surface area contributed by atoms with Crippen molar-refractivity contribution in [3.8, 4) is 11.5 Å². The van der Waals surface area contributed by atoms with Crippen LogP contribution in [-0.2, 0) is 11.2 Å². The first-order valence-corrected chi connectivity index (χ1v) is 7.09. The molecule has 0 aliphatic heterocycles. The normalized spacial score (nSPS) is 9.96. The third-order valence-electron chi connectivity index (χ3n) is 3.25. The third-order valence-corrected chi connectivity index (χ3v) is 3.25. The van der Waals surface area contributed by atoms with Crippen molar-refractivity contribution in [3.05, 3.63) is 59.4 Å². The maximum Gasteiger partial charge on any atom is 0.273 e. The minimum atomic E-state index is -0.526. The van der Waals surface area contributed by atoms with E-state index in [1.807, 2.05) is 0 Å². The molecule has 0 unspecified atom stereocenters. The van der Waals surface area contributed by atoms with Crippen molar-refractivity contribution in [1.82, 2.24) is 10.9 Å². The second kappa shape index (κ2) is 7.96. The molecule has 0 saturated heterocycles. The molecule has 126 valence electrons. The van der Waals surface area contributed by atoms with E-state index in [0.717, 1.165) is 0 Å². The summed E-state index contributed by atoms with van der Waals surface area (Å²) >= 11 is 0. The Morgan fingerprint density at radius 2 is 1.71 bits per heavy atom. The number of hydrogen-bond acceptors (Lipinski definition) is 4. The van der Waals surface area contributed by atoms with Gasteiger partial charge in [0.1, 0.15) is 17.3 Å². The van der Waals surface area contributed by atoms with Crippen LogP contribution >= 0.6 is 0 Å². The minimum Gasteiger partial charge on any atom is -0.497 e. The van der Waals surface area contributed by atoms with Crippen LogP contribution in [0.25, 0.3) is 0 Å². The summed E-state index contributed by atoms with van der Waals surface area (Å²) in [6.07, 6.45) is 0.0142. The van der Waals surface area contributed by atoms with Gasteiger partial charge in [0.15, 0.2) is 0 Å². The van der Waals surface area contributed by atoms with E-state index in [2.05, 4.69) is 10.9 Å². The highest BCUT2D eigenvalue weighted by Crippen LogP contribution is 2.24. The van der Waals surface area contributed by atoms with Crippen molar-refractivity contribution in [2.75, 3.05) is 14.2 Å². The molecule has 2 aromatic carbocycles. The van der Waals surface area contributed by atoms with Crippen molar-refractivity contribution >= 4 is 11.8 Å². The highest BCUT2D eigenvalue weighted by atomic mass is 19.1. The summed E-state index contributed by atoms with van der Waals surface area (Å²) in [6, 6.07) is 10.2. The zero-order chi connectivity index (χ0) is 17.5. The summed E-state index contributed by atoms with van der Waals surface area (Å²) in [5, 5.41) is 0. The van der Waals surface area contributed by atoms with Crippen molar-refractivity contribution in [2.45, 2.75) is 6.42 Å². The van der Waals surface area contributed by atoms with Gasteiger partial charge in [-0.1, -0.05) is 12.1 Å². The Morgan fingerprint density at radius 1 is 1.00 bits per heavy atom. The van der Waals surface area contributed by atoms with Gasteiger partial charge in [-0.2, -0.15) is 0 Å². The lowest BCUT2D eigenvalue weighted by Gasteiger charge is -2.11. The van der Waals surface area contributed by atoms with Crippen molar-refractivity contribution in [3.63, 3.8) is 0 Å². The van der Waals surface area contributed by atoms with Crippen molar-refractivity contribution in [2.24, 2.45) is 0 Å². The van der Waals surface area contributed by atoms with Crippen LogP contribution in [0.5, 0.6) is 11.5 Å². The first-order chi connectivity index (χ1) is 11.5. The summed E-state index contributed by atoms with van der Waals surface area (Å²) in [7, 11) is 2.93. The van der Waals surface area contributed by atoms with E-state index in [4.69, 9.17) is 9.47 Å². The monoisotopic (exact) mass is 332 g/mol. The molecule has 24 heavy (non-hydrogen) atoms. The molecule has 0 saturated carbocycles. The third kappa shape index (κ3) is 4.45. The zero-order valence-electron chi connectivity index (χ0n) is 13.3. The topological polar surface area (TPSA) is 76.7 Å². The van der Waals surface area contributed by atoms with Gasteiger partial charge < -0.3 is 9.47 Å². The quantitative estimate of drug-likeness (QED) is 0.819. The van der Waals surface area contributed by atoms with Crippen molar-refractivity contribution < 1.29 is 23.5 Å². The summed E-state index contributed by atoms with van der Waals surface area (Å²) in [6.45, 7) is 0.